The zero-order valence-electron chi connectivity index (χ0n) is 20.6. The Hall–Kier alpha value is -0.900. The lowest BCUT2D eigenvalue weighted by atomic mass is 10.0. The molecule has 0 aromatic heterocycles. The number of hydrogen-bond donors (Lipinski definition) is 2. The normalized spacial score (nSPS) is 19.7. The van der Waals surface area contributed by atoms with Crippen LogP contribution in [0.15, 0.2) is 29.3 Å². The van der Waals surface area contributed by atoms with Gasteiger partial charge in [0, 0.05) is 64.4 Å². The molecule has 0 spiro atoms. The Morgan fingerprint density at radius 2 is 1.59 bits per heavy atom. The van der Waals surface area contributed by atoms with Crippen molar-refractivity contribution in [2.24, 2.45) is 4.99 Å². The summed E-state index contributed by atoms with van der Waals surface area (Å²) in [5, 5.41) is 7.15. The van der Waals surface area contributed by atoms with Gasteiger partial charge in [0.25, 0.3) is 0 Å². The number of guanidine groups is 1. The molecule has 0 amide bonds. The molecule has 32 heavy (non-hydrogen) atoms. The molecule has 0 radical (unpaired) electrons. The molecule has 7 heteroatoms. The van der Waals surface area contributed by atoms with Crippen LogP contribution in [-0.2, 0) is 13.1 Å². The average molecular weight is 557 g/mol. The molecule has 1 aromatic carbocycles. The van der Waals surface area contributed by atoms with Gasteiger partial charge in [-0.15, -0.1) is 24.0 Å². The standard InChI is InChI=1S/C25H44N6.HI/c1-5-26-25(28-24-11-13-31(14-12-24)21(3)4)27-19-22-9-7-8-10-23(22)20-30-17-15-29(6-2)16-18-30;/h7-10,21,24H,5-6,11-20H2,1-4H3,(H2,26,27,28);1H. The first-order valence-corrected chi connectivity index (χ1v) is 12.4. The molecule has 0 saturated carbocycles. The quantitative estimate of drug-likeness (QED) is 0.292. The topological polar surface area (TPSA) is 46.1 Å². The number of nitrogens with zero attached hydrogens (tertiary/aromatic N) is 4. The minimum absolute atomic E-state index is 0. The fourth-order valence-corrected chi connectivity index (χ4v) is 4.61. The molecule has 2 N–H and O–H groups in total. The van der Waals surface area contributed by atoms with Crippen LogP contribution >= 0.6 is 24.0 Å². The molecule has 2 heterocycles. The third-order valence-corrected chi connectivity index (χ3v) is 6.78. The van der Waals surface area contributed by atoms with Crippen LogP contribution in [-0.4, -0.2) is 85.1 Å². The van der Waals surface area contributed by atoms with Crippen molar-refractivity contribution < 1.29 is 0 Å². The largest absolute Gasteiger partial charge is 0.357 e. The fraction of sp³-hybridized carbons (Fsp3) is 0.720. The predicted octanol–water partition coefficient (Wildman–Crippen LogP) is 3.37. The summed E-state index contributed by atoms with van der Waals surface area (Å²) in [6, 6.07) is 9.98. The maximum absolute atomic E-state index is 4.97. The van der Waals surface area contributed by atoms with Crippen LogP contribution in [0.4, 0.5) is 0 Å². The van der Waals surface area contributed by atoms with Crippen molar-refractivity contribution >= 4 is 29.9 Å². The molecule has 182 valence electrons. The third-order valence-electron chi connectivity index (χ3n) is 6.78. The first kappa shape index (κ1) is 27.3. The molecule has 2 aliphatic rings. The molecule has 2 fully saturated rings. The van der Waals surface area contributed by atoms with E-state index in [-0.39, 0.29) is 24.0 Å². The van der Waals surface area contributed by atoms with Crippen molar-refractivity contribution in [2.45, 2.75) is 65.7 Å². The number of nitrogens with one attached hydrogen (secondary N) is 2. The highest BCUT2D eigenvalue weighted by Crippen LogP contribution is 2.16. The number of aliphatic imine (C=N–C) groups is 1. The second-order valence-corrected chi connectivity index (χ2v) is 9.22. The van der Waals surface area contributed by atoms with E-state index in [2.05, 4.69) is 77.3 Å². The third kappa shape index (κ3) is 8.47. The van der Waals surface area contributed by atoms with Crippen LogP contribution in [0.2, 0.25) is 0 Å². The highest BCUT2D eigenvalue weighted by molar-refractivity contribution is 14.0. The van der Waals surface area contributed by atoms with Crippen molar-refractivity contribution in [1.82, 2.24) is 25.3 Å². The van der Waals surface area contributed by atoms with Crippen LogP contribution in [0.25, 0.3) is 0 Å². The van der Waals surface area contributed by atoms with Crippen LogP contribution in [0, 0.1) is 0 Å². The van der Waals surface area contributed by atoms with E-state index in [1.807, 2.05) is 0 Å². The zero-order valence-corrected chi connectivity index (χ0v) is 23.0. The van der Waals surface area contributed by atoms with E-state index in [1.165, 1.54) is 50.1 Å². The van der Waals surface area contributed by atoms with E-state index in [1.54, 1.807) is 0 Å². The van der Waals surface area contributed by atoms with Crippen LogP contribution in [0.5, 0.6) is 0 Å². The maximum Gasteiger partial charge on any atom is 0.191 e. The van der Waals surface area contributed by atoms with Crippen LogP contribution < -0.4 is 10.6 Å². The molecule has 6 nitrogen and oxygen atoms in total. The van der Waals surface area contributed by atoms with Gasteiger partial charge in [0.15, 0.2) is 5.96 Å². The van der Waals surface area contributed by atoms with E-state index in [0.717, 1.165) is 45.2 Å². The van der Waals surface area contributed by atoms with Gasteiger partial charge in [-0.05, 0) is 51.3 Å². The lowest BCUT2D eigenvalue weighted by molar-refractivity contribution is 0.131. The molecule has 0 unspecified atom stereocenters. The number of likely N-dealkylation sites (N-methyl/N-ethyl adjacent to an activating group) is 1. The molecular formula is C25H45IN6. The lowest BCUT2D eigenvalue weighted by Crippen LogP contribution is -2.49. The molecule has 0 atom stereocenters. The first-order chi connectivity index (χ1) is 15.1. The summed E-state index contributed by atoms with van der Waals surface area (Å²) in [6.07, 6.45) is 2.37. The molecule has 2 saturated heterocycles. The number of hydrogen-bond acceptors (Lipinski definition) is 4. The number of likely N-dealkylation sites (tertiary alicyclic amines) is 1. The van der Waals surface area contributed by atoms with Gasteiger partial charge in [-0.25, -0.2) is 4.99 Å². The number of piperidine rings is 1. The Labute approximate surface area is 213 Å². The summed E-state index contributed by atoms with van der Waals surface area (Å²) in [5.74, 6) is 0.955. The molecule has 0 bridgehead atoms. The van der Waals surface area contributed by atoms with Gasteiger partial charge in [0.05, 0.1) is 6.54 Å². The predicted molar refractivity (Wildman–Crippen MR) is 147 cm³/mol. The zero-order chi connectivity index (χ0) is 22.1. The van der Waals surface area contributed by atoms with Crippen molar-refractivity contribution in [3.8, 4) is 0 Å². The number of rotatable bonds is 8. The Bertz CT molecular complexity index is 679. The van der Waals surface area contributed by atoms with Crippen molar-refractivity contribution in [1.29, 1.82) is 0 Å². The Balaban J connectivity index is 0.00000363. The monoisotopic (exact) mass is 556 g/mol. The molecular weight excluding hydrogens is 511 g/mol. The second-order valence-electron chi connectivity index (χ2n) is 9.22. The molecule has 1 aromatic rings. The van der Waals surface area contributed by atoms with Gasteiger partial charge in [-0.2, -0.15) is 0 Å². The highest BCUT2D eigenvalue weighted by atomic mass is 127. The van der Waals surface area contributed by atoms with E-state index in [4.69, 9.17) is 4.99 Å². The first-order valence-electron chi connectivity index (χ1n) is 12.4. The summed E-state index contributed by atoms with van der Waals surface area (Å²) in [6.45, 7) is 19.8. The molecule has 0 aliphatic carbocycles. The fourth-order valence-electron chi connectivity index (χ4n) is 4.61. The van der Waals surface area contributed by atoms with Crippen LogP contribution in [0.3, 0.4) is 0 Å². The smallest absolute Gasteiger partial charge is 0.191 e. The van der Waals surface area contributed by atoms with Gasteiger partial charge in [-0.1, -0.05) is 31.2 Å². The average Bonchev–Trinajstić information content (AvgIpc) is 2.79. The van der Waals surface area contributed by atoms with E-state index in [9.17, 15) is 0 Å². The Morgan fingerprint density at radius 1 is 0.969 bits per heavy atom. The Kier molecular flexibility index (Phi) is 12.3. The van der Waals surface area contributed by atoms with Gasteiger partial charge in [0.1, 0.15) is 0 Å². The SMILES string of the molecule is CCNC(=NCc1ccccc1CN1CCN(CC)CC1)NC1CCN(C(C)C)CC1.I. The van der Waals surface area contributed by atoms with Crippen molar-refractivity contribution in [3.63, 3.8) is 0 Å². The second kappa shape index (κ2) is 14.4. The molecule has 2 aliphatic heterocycles. The number of benzene rings is 1. The van der Waals surface area contributed by atoms with Gasteiger partial charge in [0.2, 0.25) is 0 Å². The minimum atomic E-state index is 0. The van der Waals surface area contributed by atoms with Crippen molar-refractivity contribution in [3.05, 3.63) is 35.4 Å². The Morgan fingerprint density at radius 3 is 2.19 bits per heavy atom. The van der Waals surface area contributed by atoms with Crippen LogP contribution in [0.1, 0.15) is 51.7 Å². The molecule has 3 rings (SSSR count). The van der Waals surface area contributed by atoms with Crippen molar-refractivity contribution in [2.75, 3.05) is 52.4 Å². The number of piperazine rings is 1. The summed E-state index contributed by atoms with van der Waals surface area (Å²) in [4.78, 5) is 12.7. The summed E-state index contributed by atoms with van der Waals surface area (Å²) < 4.78 is 0. The van der Waals surface area contributed by atoms with Gasteiger partial charge in [-0.3, -0.25) is 4.90 Å². The maximum atomic E-state index is 4.97. The number of halogens is 1. The minimum Gasteiger partial charge on any atom is -0.357 e. The summed E-state index contributed by atoms with van der Waals surface area (Å²) in [7, 11) is 0. The van der Waals surface area contributed by atoms with E-state index >= 15 is 0 Å². The van der Waals surface area contributed by atoms with Gasteiger partial charge < -0.3 is 20.4 Å². The van der Waals surface area contributed by atoms with E-state index < -0.39 is 0 Å². The highest BCUT2D eigenvalue weighted by Gasteiger charge is 2.21. The summed E-state index contributed by atoms with van der Waals surface area (Å²) in [5.41, 5.74) is 2.75. The summed E-state index contributed by atoms with van der Waals surface area (Å²) >= 11 is 0. The lowest BCUT2D eigenvalue weighted by Gasteiger charge is -2.35. The van der Waals surface area contributed by atoms with E-state index in [0.29, 0.717) is 12.1 Å². The van der Waals surface area contributed by atoms with Gasteiger partial charge >= 0.3 is 0 Å².